The SMILES string of the molecule is [2H]C(c1ccc(-c2ccc3c(c2)ncn3C)cc1Cl)N(C(=O)C1CCCCC1)c1cc(F)cc(/C=C/C(C)=O)c1. The second-order valence-corrected chi connectivity index (χ2v) is 10.6. The topological polar surface area (TPSA) is 55.2 Å². The first-order valence-corrected chi connectivity index (χ1v) is 13.5. The number of allylic oxidation sites excluding steroid dienone is 1. The van der Waals surface area contributed by atoms with Crippen molar-refractivity contribution in [2.24, 2.45) is 13.0 Å². The van der Waals surface area contributed by atoms with E-state index in [1.807, 2.05) is 35.9 Å². The molecule has 1 aliphatic carbocycles. The van der Waals surface area contributed by atoms with Crippen LogP contribution >= 0.6 is 11.6 Å². The number of ketones is 1. The Morgan fingerprint density at radius 3 is 2.59 bits per heavy atom. The van der Waals surface area contributed by atoms with E-state index < -0.39 is 12.3 Å². The normalized spacial score (nSPS) is 15.4. The number of amides is 1. The second-order valence-electron chi connectivity index (χ2n) is 10.2. The third kappa shape index (κ3) is 6.12. The molecule has 200 valence electrons. The quantitative estimate of drug-likeness (QED) is 0.223. The van der Waals surface area contributed by atoms with Gasteiger partial charge in [0.2, 0.25) is 5.91 Å². The first kappa shape index (κ1) is 25.5. The van der Waals surface area contributed by atoms with Crippen molar-refractivity contribution in [2.75, 3.05) is 4.90 Å². The van der Waals surface area contributed by atoms with Crippen molar-refractivity contribution in [1.29, 1.82) is 0 Å². The number of aromatic nitrogens is 2. The molecule has 0 bridgehead atoms. The highest BCUT2D eigenvalue weighted by Crippen LogP contribution is 2.33. The van der Waals surface area contributed by atoms with Crippen molar-refractivity contribution in [3.8, 4) is 11.1 Å². The van der Waals surface area contributed by atoms with Crippen LogP contribution in [0.15, 0.2) is 67.0 Å². The third-order valence-corrected chi connectivity index (χ3v) is 7.54. The largest absolute Gasteiger partial charge is 0.334 e. The number of aryl methyl sites for hydroxylation is 1. The van der Waals surface area contributed by atoms with Crippen molar-refractivity contribution in [2.45, 2.75) is 45.5 Å². The molecular weight excluding hydrogens is 513 g/mol. The summed E-state index contributed by atoms with van der Waals surface area (Å²) in [4.78, 5) is 31.1. The number of hydrogen-bond donors (Lipinski definition) is 0. The fourth-order valence-electron chi connectivity index (χ4n) is 5.12. The second kappa shape index (κ2) is 11.5. The molecule has 1 aromatic heterocycles. The van der Waals surface area contributed by atoms with Crippen molar-refractivity contribution >= 4 is 46.1 Å². The molecule has 1 heterocycles. The van der Waals surface area contributed by atoms with Gasteiger partial charge in [-0.25, -0.2) is 9.37 Å². The number of anilines is 1. The number of benzene rings is 3. The van der Waals surface area contributed by atoms with Crippen LogP contribution < -0.4 is 4.90 Å². The smallest absolute Gasteiger partial charge is 0.230 e. The van der Waals surface area contributed by atoms with E-state index in [2.05, 4.69) is 4.98 Å². The molecule has 7 heteroatoms. The van der Waals surface area contributed by atoms with Gasteiger partial charge in [-0.2, -0.15) is 0 Å². The van der Waals surface area contributed by atoms with Crippen LogP contribution in [0.5, 0.6) is 0 Å². The molecule has 1 fully saturated rings. The third-order valence-electron chi connectivity index (χ3n) is 7.21. The van der Waals surface area contributed by atoms with Crippen LogP contribution in [0.3, 0.4) is 0 Å². The number of carbonyl (C=O) groups excluding carboxylic acids is 2. The zero-order valence-electron chi connectivity index (χ0n) is 23.0. The van der Waals surface area contributed by atoms with E-state index in [0.717, 1.165) is 54.3 Å². The molecule has 1 unspecified atom stereocenters. The molecule has 3 aromatic carbocycles. The molecule has 1 aliphatic rings. The maximum Gasteiger partial charge on any atom is 0.230 e. The summed E-state index contributed by atoms with van der Waals surface area (Å²) in [6.07, 6.45) is 9.05. The molecule has 1 amide bonds. The Bertz CT molecular complexity index is 1610. The molecule has 5 rings (SSSR count). The lowest BCUT2D eigenvalue weighted by atomic mass is 9.88. The van der Waals surface area contributed by atoms with Crippen LogP contribution in [0.1, 0.15) is 51.5 Å². The van der Waals surface area contributed by atoms with E-state index in [-0.39, 0.29) is 23.3 Å². The van der Waals surface area contributed by atoms with E-state index >= 15 is 0 Å². The van der Waals surface area contributed by atoms with Crippen molar-refractivity contribution in [3.05, 3.63) is 89.0 Å². The fraction of sp³-hybridized carbons (Fsp3) is 0.281. The molecule has 0 aliphatic heterocycles. The average Bonchev–Trinajstić information content (AvgIpc) is 3.32. The van der Waals surface area contributed by atoms with Gasteiger partial charge in [-0.1, -0.05) is 55.1 Å². The number of imidazole rings is 1. The van der Waals surface area contributed by atoms with Gasteiger partial charge in [0.25, 0.3) is 0 Å². The van der Waals surface area contributed by atoms with Crippen molar-refractivity contribution in [3.63, 3.8) is 0 Å². The summed E-state index contributed by atoms with van der Waals surface area (Å²) in [6.45, 7) is 0.218. The maximum atomic E-state index is 14.8. The van der Waals surface area contributed by atoms with Crippen LogP contribution in [0.4, 0.5) is 10.1 Å². The van der Waals surface area contributed by atoms with E-state index in [4.69, 9.17) is 11.6 Å². The Balaban J connectivity index is 1.53. The summed E-state index contributed by atoms with van der Waals surface area (Å²) >= 11 is 6.77. The summed E-state index contributed by atoms with van der Waals surface area (Å²) in [6, 6.07) is 15.6. The first-order valence-electron chi connectivity index (χ1n) is 13.7. The number of fused-ring (bicyclic) bond motifs is 1. The molecule has 1 atom stereocenters. The van der Waals surface area contributed by atoms with Gasteiger partial charge in [-0.15, -0.1) is 0 Å². The molecule has 0 saturated heterocycles. The Morgan fingerprint density at radius 2 is 1.85 bits per heavy atom. The Kier molecular flexibility index (Phi) is 7.55. The molecule has 0 spiro atoms. The Hall–Kier alpha value is -3.77. The highest BCUT2D eigenvalue weighted by Gasteiger charge is 2.28. The van der Waals surface area contributed by atoms with Crippen molar-refractivity contribution in [1.82, 2.24) is 9.55 Å². The monoisotopic (exact) mass is 544 g/mol. The standard InChI is InChI=1S/C32H31ClFN3O2/c1-21(38)8-9-22-14-27(34)18-28(15-22)37(32(39)23-6-4-3-5-7-23)19-26-11-10-24(16-29(26)33)25-12-13-31-30(17-25)35-20-36(31)2/h8-18,20,23H,3-7,19H2,1-2H3/b9-8+/i19D. The number of rotatable bonds is 7. The number of halogens is 2. The summed E-state index contributed by atoms with van der Waals surface area (Å²) < 4.78 is 25.9. The highest BCUT2D eigenvalue weighted by atomic mass is 35.5. The molecule has 39 heavy (non-hydrogen) atoms. The minimum Gasteiger partial charge on any atom is -0.334 e. The molecule has 5 nitrogen and oxygen atoms in total. The van der Waals surface area contributed by atoms with Crippen LogP contribution in [-0.4, -0.2) is 21.2 Å². The molecule has 0 radical (unpaired) electrons. The van der Waals surface area contributed by atoms with Crippen LogP contribution in [0, 0.1) is 11.7 Å². The minimum absolute atomic E-state index is 0.173. The van der Waals surface area contributed by atoms with E-state index in [1.165, 1.54) is 36.1 Å². The summed E-state index contributed by atoms with van der Waals surface area (Å²) in [7, 11) is 1.94. The van der Waals surface area contributed by atoms with Gasteiger partial charge in [-0.05, 0) is 84.5 Å². The molecule has 4 aromatic rings. The zero-order valence-corrected chi connectivity index (χ0v) is 22.8. The van der Waals surface area contributed by atoms with Crippen molar-refractivity contribution < 1.29 is 15.4 Å². The minimum atomic E-state index is -1.19. The van der Waals surface area contributed by atoms with Gasteiger partial charge < -0.3 is 9.47 Å². The van der Waals surface area contributed by atoms with E-state index in [0.29, 0.717) is 16.1 Å². The number of nitrogens with zero attached hydrogens (tertiary/aromatic N) is 3. The average molecular weight is 545 g/mol. The predicted molar refractivity (Wildman–Crippen MR) is 155 cm³/mol. The molecule has 1 saturated carbocycles. The van der Waals surface area contributed by atoms with Crippen LogP contribution in [-0.2, 0) is 23.2 Å². The summed E-state index contributed by atoms with van der Waals surface area (Å²) in [5, 5.41) is 0.341. The van der Waals surface area contributed by atoms with Gasteiger partial charge in [0, 0.05) is 23.7 Å². The van der Waals surface area contributed by atoms with Gasteiger partial charge in [0.05, 0.1) is 25.3 Å². The van der Waals surface area contributed by atoms with Gasteiger partial charge in [-0.3, -0.25) is 9.59 Å². The van der Waals surface area contributed by atoms with E-state index in [1.54, 1.807) is 24.5 Å². The predicted octanol–water partition coefficient (Wildman–Crippen LogP) is 7.75. The fourth-order valence-corrected chi connectivity index (χ4v) is 5.35. The zero-order chi connectivity index (χ0) is 28.4. The first-order chi connectivity index (χ1) is 19.2. The highest BCUT2D eigenvalue weighted by molar-refractivity contribution is 6.31. The maximum absolute atomic E-state index is 14.8. The van der Waals surface area contributed by atoms with Gasteiger partial charge in [0.15, 0.2) is 5.78 Å². The molecular formula is C32H31ClFN3O2. The number of hydrogen-bond acceptors (Lipinski definition) is 3. The van der Waals surface area contributed by atoms with Gasteiger partial charge >= 0.3 is 0 Å². The Morgan fingerprint density at radius 1 is 1.10 bits per heavy atom. The van der Waals surface area contributed by atoms with Crippen LogP contribution in [0.25, 0.3) is 28.2 Å². The lowest BCUT2D eigenvalue weighted by Crippen LogP contribution is -2.37. The lowest BCUT2D eigenvalue weighted by Gasteiger charge is -2.30. The lowest BCUT2D eigenvalue weighted by molar-refractivity contribution is -0.123. The van der Waals surface area contributed by atoms with E-state index in [9.17, 15) is 15.4 Å². The summed E-state index contributed by atoms with van der Waals surface area (Å²) in [5.74, 6) is -1.19. The Labute approximate surface area is 234 Å². The number of carbonyl (C=O) groups is 2. The van der Waals surface area contributed by atoms with Gasteiger partial charge in [0.1, 0.15) is 5.82 Å². The molecule has 0 N–H and O–H groups in total. The van der Waals surface area contributed by atoms with Crippen LogP contribution in [0.2, 0.25) is 5.02 Å². The summed E-state index contributed by atoms with van der Waals surface area (Å²) in [5.41, 5.74) is 4.82.